The molecule has 0 radical (unpaired) electrons. The van der Waals surface area contributed by atoms with Crippen LogP contribution < -0.4 is 5.32 Å². The van der Waals surface area contributed by atoms with E-state index in [1.807, 2.05) is 0 Å². The molecule has 3 saturated heterocycles. The highest BCUT2D eigenvalue weighted by Gasteiger charge is 2.32. The Labute approximate surface area is 152 Å². The zero-order chi connectivity index (χ0) is 16.9. The number of benzene rings is 1. The molecular formula is C21H33N3O. The van der Waals surface area contributed by atoms with Gasteiger partial charge in [-0.15, -0.1) is 0 Å². The van der Waals surface area contributed by atoms with E-state index in [1.165, 1.54) is 44.3 Å². The van der Waals surface area contributed by atoms with Gasteiger partial charge in [0.05, 0.1) is 13.2 Å². The normalized spacial score (nSPS) is 29.4. The molecule has 0 saturated carbocycles. The fourth-order valence-electron chi connectivity index (χ4n) is 4.88. The lowest BCUT2D eigenvalue weighted by Gasteiger charge is -2.38. The lowest BCUT2D eigenvalue weighted by atomic mass is 9.95. The number of rotatable bonds is 6. The zero-order valence-electron chi connectivity index (χ0n) is 15.4. The fraction of sp³-hybridized carbons (Fsp3) is 0.714. The molecule has 25 heavy (non-hydrogen) atoms. The molecule has 1 aromatic carbocycles. The summed E-state index contributed by atoms with van der Waals surface area (Å²) < 4.78 is 5.53. The van der Waals surface area contributed by atoms with Crippen LogP contribution in [0, 0.1) is 0 Å². The Morgan fingerprint density at radius 1 is 1.04 bits per heavy atom. The largest absolute Gasteiger partial charge is 0.379 e. The van der Waals surface area contributed by atoms with Crippen molar-refractivity contribution in [3.8, 4) is 0 Å². The first-order chi connectivity index (χ1) is 12.4. The van der Waals surface area contributed by atoms with Crippen LogP contribution in [0.1, 0.15) is 31.2 Å². The SMILES string of the molecule is c1ccc(CC(CN2CCOCC2)NC2CCN3CCCC3C2)cc1. The average molecular weight is 344 g/mol. The van der Waals surface area contributed by atoms with Crippen LogP contribution in [-0.4, -0.2) is 73.9 Å². The molecule has 4 heteroatoms. The molecule has 138 valence electrons. The number of ether oxygens (including phenoxy) is 1. The highest BCUT2D eigenvalue weighted by molar-refractivity contribution is 5.16. The van der Waals surface area contributed by atoms with Crippen molar-refractivity contribution in [3.05, 3.63) is 35.9 Å². The summed E-state index contributed by atoms with van der Waals surface area (Å²) in [6.07, 6.45) is 6.59. The molecule has 4 rings (SSSR count). The Hall–Kier alpha value is -0.940. The monoisotopic (exact) mass is 343 g/mol. The van der Waals surface area contributed by atoms with E-state index in [4.69, 9.17) is 4.74 Å². The van der Waals surface area contributed by atoms with Gasteiger partial charge in [0.1, 0.15) is 0 Å². The van der Waals surface area contributed by atoms with Crippen LogP contribution in [0.5, 0.6) is 0 Å². The van der Waals surface area contributed by atoms with Gasteiger partial charge in [0.15, 0.2) is 0 Å². The summed E-state index contributed by atoms with van der Waals surface area (Å²) in [5.41, 5.74) is 1.45. The first-order valence-corrected chi connectivity index (χ1v) is 10.2. The predicted molar refractivity (Wildman–Crippen MR) is 102 cm³/mol. The maximum atomic E-state index is 5.53. The van der Waals surface area contributed by atoms with Crippen LogP contribution in [-0.2, 0) is 11.2 Å². The zero-order valence-corrected chi connectivity index (χ0v) is 15.4. The summed E-state index contributed by atoms with van der Waals surface area (Å²) in [7, 11) is 0. The Kier molecular flexibility index (Phi) is 6.03. The van der Waals surface area contributed by atoms with E-state index in [0.29, 0.717) is 12.1 Å². The van der Waals surface area contributed by atoms with Crippen LogP contribution in [0.3, 0.4) is 0 Å². The van der Waals surface area contributed by atoms with Crippen molar-refractivity contribution < 1.29 is 4.74 Å². The number of nitrogens with zero attached hydrogens (tertiary/aromatic N) is 2. The van der Waals surface area contributed by atoms with Crippen molar-refractivity contribution in [1.29, 1.82) is 0 Å². The first kappa shape index (κ1) is 17.5. The summed E-state index contributed by atoms with van der Waals surface area (Å²) in [6, 6.07) is 13.1. The molecule has 1 aromatic rings. The molecule has 3 heterocycles. The Balaban J connectivity index is 1.37. The number of hydrogen-bond donors (Lipinski definition) is 1. The van der Waals surface area contributed by atoms with E-state index in [2.05, 4.69) is 45.4 Å². The summed E-state index contributed by atoms with van der Waals surface area (Å²) >= 11 is 0. The third-order valence-electron chi connectivity index (χ3n) is 6.20. The Morgan fingerprint density at radius 3 is 2.72 bits per heavy atom. The van der Waals surface area contributed by atoms with Gasteiger partial charge in [-0.05, 0) is 50.8 Å². The molecule has 0 amide bonds. The number of hydrogen-bond acceptors (Lipinski definition) is 4. The molecule has 0 bridgehead atoms. The van der Waals surface area contributed by atoms with Gasteiger partial charge in [-0.1, -0.05) is 30.3 Å². The van der Waals surface area contributed by atoms with Crippen LogP contribution in [0.4, 0.5) is 0 Å². The number of fused-ring (bicyclic) bond motifs is 1. The van der Waals surface area contributed by atoms with Gasteiger partial charge in [-0.2, -0.15) is 0 Å². The van der Waals surface area contributed by atoms with Crippen LogP contribution in [0.2, 0.25) is 0 Å². The highest BCUT2D eigenvalue weighted by atomic mass is 16.5. The van der Waals surface area contributed by atoms with Crippen LogP contribution in [0.15, 0.2) is 30.3 Å². The van der Waals surface area contributed by atoms with E-state index in [0.717, 1.165) is 45.3 Å². The maximum Gasteiger partial charge on any atom is 0.0594 e. The average Bonchev–Trinajstić information content (AvgIpc) is 3.11. The van der Waals surface area contributed by atoms with Gasteiger partial charge in [-0.3, -0.25) is 4.90 Å². The molecule has 3 aliphatic rings. The van der Waals surface area contributed by atoms with Gasteiger partial charge < -0.3 is 15.0 Å². The second-order valence-corrected chi connectivity index (χ2v) is 8.02. The second kappa shape index (κ2) is 8.63. The van der Waals surface area contributed by atoms with Crippen molar-refractivity contribution in [2.45, 2.75) is 50.2 Å². The third kappa shape index (κ3) is 4.82. The van der Waals surface area contributed by atoms with Crippen LogP contribution >= 0.6 is 0 Å². The number of piperidine rings is 1. The smallest absolute Gasteiger partial charge is 0.0594 e. The molecule has 3 atom stereocenters. The molecule has 0 spiro atoms. The minimum absolute atomic E-state index is 0.540. The molecule has 3 fully saturated rings. The van der Waals surface area contributed by atoms with Crippen molar-refractivity contribution in [3.63, 3.8) is 0 Å². The minimum Gasteiger partial charge on any atom is -0.379 e. The quantitative estimate of drug-likeness (QED) is 0.857. The minimum atomic E-state index is 0.540. The van der Waals surface area contributed by atoms with E-state index in [-0.39, 0.29) is 0 Å². The predicted octanol–water partition coefficient (Wildman–Crippen LogP) is 2.15. The third-order valence-corrected chi connectivity index (χ3v) is 6.20. The lowest BCUT2D eigenvalue weighted by Crippen LogP contribution is -2.53. The van der Waals surface area contributed by atoms with E-state index in [1.54, 1.807) is 0 Å². The first-order valence-electron chi connectivity index (χ1n) is 10.2. The maximum absolute atomic E-state index is 5.53. The summed E-state index contributed by atoms with van der Waals surface area (Å²) in [4.78, 5) is 5.29. The number of nitrogens with one attached hydrogen (secondary N) is 1. The second-order valence-electron chi connectivity index (χ2n) is 8.02. The summed E-state index contributed by atoms with van der Waals surface area (Å²) in [5.74, 6) is 0. The number of morpholine rings is 1. The topological polar surface area (TPSA) is 27.7 Å². The van der Waals surface area contributed by atoms with Gasteiger partial charge in [0, 0.05) is 37.8 Å². The summed E-state index contributed by atoms with van der Waals surface area (Å²) in [6.45, 7) is 7.69. The van der Waals surface area contributed by atoms with Gasteiger partial charge in [0.2, 0.25) is 0 Å². The van der Waals surface area contributed by atoms with Crippen molar-refractivity contribution in [2.75, 3.05) is 45.9 Å². The molecule has 4 nitrogen and oxygen atoms in total. The van der Waals surface area contributed by atoms with Crippen molar-refractivity contribution in [2.24, 2.45) is 0 Å². The van der Waals surface area contributed by atoms with Gasteiger partial charge >= 0.3 is 0 Å². The standard InChI is InChI=1S/C21H33N3O/c1-2-5-18(6-3-1)15-20(17-23-11-13-25-14-12-23)22-19-8-10-24-9-4-7-21(24)16-19/h1-3,5-6,19-22H,4,7-17H2. The molecule has 3 unspecified atom stereocenters. The van der Waals surface area contributed by atoms with Crippen molar-refractivity contribution >= 4 is 0 Å². The van der Waals surface area contributed by atoms with Crippen LogP contribution in [0.25, 0.3) is 0 Å². The fourth-order valence-corrected chi connectivity index (χ4v) is 4.88. The van der Waals surface area contributed by atoms with Gasteiger partial charge in [0.25, 0.3) is 0 Å². The Morgan fingerprint density at radius 2 is 1.88 bits per heavy atom. The molecule has 0 aliphatic carbocycles. The Bertz CT molecular complexity index is 517. The summed E-state index contributed by atoms with van der Waals surface area (Å²) in [5, 5.41) is 4.06. The van der Waals surface area contributed by atoms with Crippen molar-refractivity contribution in [1.82, 2.24) is 15.1 Å². The molecular weight excluding hydrogens is 310 g/mol. The van der Waals surface area contributed by atoms with E-state index in [9.17, 15) is 0 Å². The van der Waals surface area contributed by atoms with Gasteiger partial charge in [-0.25, -0.2) is 0 Å². The molecule has 1 N–H and O–H groups in total. The van der Waals surface area contributed by atoms with E-state index < -0.39 is 0 Å². The van der Waals surface area contributed by atoms with E-state index >= 15 is 0 Å². The highest BCUT2D eigenvalue weighted by Crippen LogP contribution is 2.27. The molecule has 0 aromatic heterocycles. The lowest BCUT2D eigenvalue weighted by molar-refractivity contribution is 0.0319. The molecule has 3 aliphatic heterocycles.